The molecule has 0 bridgehead atoms. The average molecular weight is 287 g/mol. The maximum absolute atomic E-state index is 5.51. The smallest absolute Gasteiger partial charge is 0.171 e. The van der Waals surface area contributed by atoms with E-state index in [2.05, 4.69) is 10.6 Å². The lowest BCUT2D eigenvalue weighted by Crippen LogP contribution is -2.34. The fourth-order valence-corrected chi connectivity index (χ4v) is 1.76. The van der Waals surface area contributed by atoms with Crippen molar-refractivity contribution in [3.63, 3.8) is 0 Å². The first-order valence-corrected chi connectivity index (χ1v) is 7.13. The number of pyridine rings is 1. The predicted octanol–water partition coefficient (Wildman–Crippen LogP) is 1.89. The van der Waals surface area contributed by atoms with Crippen LogP contribution in [0.3, 0.4) is 0 Å². The Labute approximate surface area is 125 Å². The van der Waals surface area contributed by atoms with Crippen LogP contribution in [-0.2, 0) is 16.0 Å². The first-order valence-electron chi connectivity index (χ1n) is 7.13. The van der Waals surface area contributed by atoms with Crippen molar-refractivity contribution in [3.8, 4) is 5.75 Å². The fraction of sp³-hybridized carbons (Fsp3) is 0.353. The largest absolute Gasteiger partial charge is 0.491 e. The summed E-state index contributed by atoms with van der Waals surface area (Å²) in [4.78, 5) is 0. The number of aromatic nitrogens is 1. The first-order chi connectivity index (χ1) is 10.4. The summed E-state index contributed by atoms with van der Waals surface area (Å²) in [5, 5.41) is 0. The Kier molecular flexibility index (Phi) is 7.30. The zero-order valence-electron chi connectivity index (χ0n) is 12.1. The summed E-state index contributed by atoms with van der Waals surface area (Å²) in [6.07, 6.45) is 4.05. The van der Waals surface area contributed by atoms with Gasteiger partial charge in [0.1, 0.15) is 19.0 Å². The molecule has 21 heavy (non-hydrogen) atoms. The number of hydrogen-bond donors (Lipinski definition) is 0. The molecule has 2 rings (SSSR count). The zero-order valence-corrected chi connectivity index (χ0v) is 12.1. The number of rotatable bonds is 10. The van der Waals surface area contributed by atoms with Crippen LogP contribution in [0.1, 0.15) is 0 Å². The Morgan fingerprint density at radius 2 is 1.48 bits per heavy atom. The van der Waals surface area contributed by atoms with E-state index >= 15 is 0 Å². The lowest BCUT2D eigenvalue weighted by atomic mass is 10.3. The Hall–Kier alpha value is -1.91. The van der Waals surface area contributed by atoms with E-state index in [0.29, 0.717) is 33.0 Å². The first kappa shape index (κ1) is 15.5. The molecule has 0 N–H and O–H groups in total. The highest BCUT2D eigenvalue weighted by Gasteiger charge is 1.97. The quantitative estimate of drug-likeness (QED) is 0.494. The molecule has 0 aliphatic rings. The van der Waals surface area contributed by atoms with Gasteiger partial charge < -0.3 is 14.2 Å². The van der Waals surface area contributed by atoms with Crippen LogP contribution in [0.4, 0.5) is 0 Å². The van der Waals surface area contributed by atoms with Crippen molar-refractivity contribution in [2.75, 3.05) is 33.0 Å². The van der Waals surface area contributed by atoms with E-state index in [9.17, 15) is 0 Å². The van der Waals surface area contributed by atoms with Gasteiger partial charge in [0.05, 0.1) is 19.8 Å². The molecular formula is C17H21NO3+. The lowest BCUT2D eigenvalue weighted by molar-refractivity contribution is -0.698. The van der Waals surface area contributed by atoms with Crippen LogP contribution in [0.2, 0.25) is 0 Å². The molecule has 4 heteroatoms. The molecule has 0 saturated carbocycles. The van der Waals surface area contributed by atoms with Crippen molar-refractivity contribution in [2.45, 2.75) is 6.54 Å². The molecular weight excluding hydrogens is 266 g/mol. The van der Waals surface area contributed by atoms with E-state index in [1.165, 1.54) is 0 Å². The van der Waals surface area contributed by atoms with Crippen LogP contribution in [0, 0.1) is 6.07 Å². The van der Waals surface area contributed by atoms with E-state index < -0.39 is 0 Å². The van der Waals surface area contributed by atoms with Gasteiger partial charge in [-0.15, -0.1) is 0 Å². The van der Waals surface area contributed by atoms with Gasteiger partial charge in [-0.25, -0.2) is 4.57 Å². The van der Waals surface area contributed by atoms with Gasteiger partial charge in [-0.05, 0) is 18.2 Å². The van der Waals surface area contributed by atoms with E-state index in [1.54, 1.807) is 0 Å². The third-order valence-corrected chi connectivity index (χ3v) is 2.83. The van der Waals surface area contributed by atoms with Crippen LogP contribution in [0.25, 0.3) is 0 Å². The van der Waals surface area contributed by atoms with Crippen molar-refractivity contribution < 1.29 is 18.8 Å². The number of hydrogen-bond acceptors (Lipinski definition) is 3. The van der Waals surface area contributed by atoms with Gasteiger partial charge in [-0.2, -0.15) is 0 Å². The minimum Gasteiger partial charge on any atom is -0.491 e. The third-order valence-electron chi connectivity index (χ3n) is 2.83. The second kappa shape index (κ2) is 9.91. The predicted molar refractivity (Wildman–Crippen MR) is 79.0 cm³/mol. The molecule has 4 nitrogen and oxygen atoms in total. The summed E-state index contributed by atoms with van der Waals surface area (Å²) in [5.74, 6) is 0.841. The van der Waals surface area contributed by atoms with Crippen LogP contribution >= 0.6 is 0 Å². The van der Waals surface area contributed by atoms with Crippen molar-refractivity contribution in [1.82, 2.24) is 0 Å². The summed E-state index contributed by atoms with van der Waals surface area (Å²) in [6, 6.07) is 16.4. The van der Waals surface area contributed by atoms with E-state index in [-0.39, 0.29) is 0 Å². The third kappa shape index (κ3) is 6.88. The molecule has 1 radical (unpaired) electrons. The summed E-state index contributed by atoms with van der Waals surface area (Å²) in [5.41, 5.74) is 0. The van der Waals surface area contributed by atoms with Crippen LogP contribution in [0.5, 0.6) is 5.75 Å². The normalized spacial score (nSPS) is 10.5. The highest BCUT2D eigenvalue weighted by molar-refractivity contribution is 5.20. The second-order valence-corrected chi connectivity index (χ2v) is 4.42. The van der Waals surface area contributed by atoms with E-state index in [1.807, 2.05) is 54.9 Å². The molecule has 1 heterocycles. The van der Waals surface area contributed by atoms with Gasteiger partial charge in [0.15, 0.2) is 18.9 Å². The zero-order chi connectivity index (χ0) is 14.6. The highest BCUT2D eigenvalue weighted by atomic mass is 16.5. The summed E-state index contributed by atoms with van der Waals surface area (Å²) < 4.78 is 18.5. The van der Waals surface area contributed by atoms with Crippen molar-refractivity contribution in [2.24, 2.45) is 0 Å². The molecule has 0 fully saturated rings. The molecule has 0 atom stereocenters. The SMILES string of the molecule is [c]1ccc(OCCOCCOCC[n+]2ccccc2)cc1. The molecule has 0 amide bonds. The Morgan fingerprint density at radius 1 is 0.810 bits per heavy atom. The minimum atomic E-state index is 0.546. The molecule has 0 saturated heterocycles. The number of ether oxygens (including phenoxy) is 3. The Balaban J connectivity index is 1.40. The van der Waals surface area contributed by atoms with Gasteiger partial charge in [0.25, 0.3) is 0 Å². The van der Waals surface area contributed by atoms with E-state index in [4.69, 9.17) is 14.2 Å². The average Bonchev–Trinajstić information content (AvgIpc) is 2.55. The summed E-state index contributed by atoms with van der Waals surface area (Å²) in [6.45, 7) is 3.85. The van der Waals surface area contributed by atoms with Gasteiger partial charge in [-0.1, -0.05) is 18.2 Å². The maximum atomic E-state index is 5.51. The summed E-state index contributed by atoms with van der Waals surface area (Å²) >= 11 is 0. The van der Waals surface area contributed by atoms with Crippen LogP contribution in [0.15, 0.2) is 54.9 Å². The van der Waals surface area contributed by atoms with E-state index in [0.717, 1.165) is 12.3 Å². The van der Waals surface area contributed by atoms with Crippen molar-refractivity contribution in [1.29, 1.82) is 0 Å². The van der Waals surface area contributed by atoms with Gasteiger partial charge >= 0.3 is 0 Å². The summed E-state index contributed by atoms with van der Waals surface area (Å²) in [7, 11) is 0. The van der Waals surface area contributed by atoms with Crippen LogP contribution in [-0.4, -0.2) is 33.0 Å². The van der Waals surface area contributed by atoms with Crippen molar-refractivity contribution in [3.05, 3.63) is 60.9 Å². The fourth-order valence-electron chi connectivity index (χ4n) is 1.76. The molecule has 2 aromatic rings. The molecule has 111 valence electrons. The standard InChI is InChI=1S/C17H21NO3/c1-3-7-17(8-4-1)21-16-15-20-14-13-19-12-11-18-9-5-2-6-10-18/h2-10H,11-16H2/q+1. The molecule has 0 aliphatic heterocycles. The maximum Gasteiger partial charge on any atom is 0.171 e. The molecule has 0 unspecified atom stereocenters. The molecule has 1 aromatic heterocycles. The Bertz CT molecular complexity index is 430. The topological polar surface area (TPSA) is 31.6 Å². The van der Waals surface area contributed by atoms with Gasteiger partial charge in [-0.3, -0.25) is 0 Å². The molecule has 1 aromatic carbocycles. The van der Waals surface area contributed by atoms with Crippen molar-refractivity contribution >= 4 is 0 Å². The number of nitrogens with zero attached hydrogens (tertiary/aromatic N) is 1. The van der Waals surface area contributed by atoms with Gasteiger partial charge in [0.2, 0.25) is 0 Å². The minimum absolute atomic E-state index is 0.546. The molecule has 0 spiro atoms. The Morgan fingerprint density at radius 3 is 2.24 bits per heavy atom. The van der Waals surface area contributed by atoms with Crippen LogP contribution < -0.4 is 9.30 Å². The number of benzene rings is 1. The molecule has 0 aliphatic carbocycles. The van der Waals surface area contributed by atoms with Gasteiger partial charge in [0, 0.05) is 12.1 Å². The second-order valence-electron chi connectivity index (χ2n) is 4.42. The monoisotopic (exact) mass is 287 g/mol. The highest BCUT2D eigenvalue weighted by Crippen LogP contribution is 2.07. The lowest BCUT2D eigenvalue weighted by Gasteiger charge is -2.07.